The van der Waals surface area contributed by atoms with Gasteiger partial charge in [-0.15, -0.1) is 0 Å². The van der Waals surface area contributed by atoms with E-state index >= 15 is 0 Å². The van der Waals surface area contributed by atoms with Crippen LogP contribution in [0.3, 0.4) is 0 Å². The Morgan fingerprint density at radius 3 is 2.88 bits per heavy atom. The van der Waals surface area contributed by atoms with Gasteiger partial charge < -0.3 is 14.0 Å². The Bertz CT molecular complexity index is 665. The van der Waals surface area contributed by atoms with Crippen LogP contribution in [-0.2, 0) is 16.0 Å². The highest BCUT2D eigenvalue weighted by atomic mass is 16.5. The number of morpholine rings is 1. The molecular formula is C19H25N3O2. The highest BCUT2D eigenvalue weighted by molar-refractivity contribution is 5.40. The maximum atomic E-state index is 5.95. The van der Waals surface area contributed by atoms with Crippen LogP contribution >= 0.6 is 0 Å². The normalized spacial score (nSPS) is 25.2. The monoisotopic (exact) mass is 327 g/mol. The van der Waals surface area contributed by atoms with E-state index in [0.717, 1.165) is 45.0 Å². The Morgan fingerprint density at radius 2 is 2.12 bits per heavy atom. The van der Waals surface area contributed by atoms with Crippen molar-refractivity contribution in [1.82, 2.24) is 14.5 Å². The summed E-state index contributed by atoms with van der Waals surface area (Å²) in [5.74, 6) is 0. The lowest BCUT2D eigenvalue weighted by molar-refractivity contribution is -0.0960. The number of aromatic nitrogens is 2. The molecule has 2 atom stereocenters. The van der Waals surface area contributed by atoms with E-state index in [2.05, 4.69) is 35.0 Å². The molecule has 128 valence electrons. The standard InChI is InChI=1S/C19H25N3O2/c1-15-11-17(22-7-6-20-14-22)5-4-16(15)12-21-8-10-24-19(13-21)18-3-2-9-23-18/h4-7,11,14,18-19H,2-3,8-10,12-13H2,1H3. The molecule has 24 heavy (non-hydrogen) atoms. The Balaban J connectivity index is 1.43. The van der Waals surface area contributed by atoms with Crippen molar-refractivity contribution in [3.63, 3.8) is 0 Å². The summed E-state index contributed by atoms with van der Waals surface area (Å²) in [5, 5.41) is 0. The lowest BCUT2D eigenvalue weighted by atomic mass is 10.1. The van der Waals surface area contributed by atoms with Crippen LogP contribution < -0.4 is 0 Å². The highest BCUT2D eigenvalue weighted by Gasteiger charge is 2.31. The van der Waals surface area contributed by atoms with Gasteiger partial charge in [-0.3, -0.25) is 4.90 Å². The first-order valence-electron chi connectivity index (χ1n) is 8.83. The average molecular weight is 327 g/mol. The van der Waals surface area contributed by atoms with Crippen molar-refractivity contribution in [2.75, 3.05) is 26.3 Å². The molecule has 2 aliphatic rings. The second-order valence-electron chi connectivity index (χ2n) is 6.78. The summed E-state index contributed by atoms with van der Waals surface area (Å²) in [6, 6.07) is 6.64. The molecule has 5 heteroatoms. The van der Waals surface area contributed by atoms with Gasteiger partial charge in [-0.2, -0.15) is 0 Å². The molecule has 0 spiro atoms. The fourth-order valence-electron chi connectivity index (χ4n) is 3.67. The van der Waals surface area contributed by atoms with Gasteiger partial charge in [-0.05, 0) is 43.0 Å². The van der Waals surface area contributed by atoms with Gasteiger partial charge in [0.15, 0.2) is 0 Å². The van der Waals surface area contributed by atoms with E-state index < -0.39 is 0 Å². The first-order valence-corrected chi connectivity index (χ1v) is 8.83. The third-order valence-electron chi connectivity index (χ3n) is 5.08. The minimum Gasteiger partial charge on any atom is -0.375 e. The van der Waals surface area contributed by atoms with Crippen molar-refractivity contribution in [1.29, 1.82) is 0 Å². The molecule has 5 nitrogen and oxygen atoms in total. The number of hydrogen-bond donors (Lipinski definition) is 0. The van der Waals surface area contributed by atoms with Crippen LogP contribution in [0.4, 0.5) is 0 Å². The average Bonchev–Trinajstić information content (AvgIpc) is 3.31. The van der Waals surface area contributed by atoms with Gasteiger partial charge in [-0.1, -0.05) is 6.07 Å². The molecule has 2 saturated heterocycles. The van der Waals surface area contributed by atoms with Crippen molar-refractivity contribution in [3.05, 3.63) is 48.0 Å². The van der Waals surface area contributed by atoms with Crippen LogP contribution in [-0.4, -0.2) is 53.0 Å². The molecule has 1 aromatic heterocycles. The molecule has 3 heterocycles. The Hall–Kier alpha value is -1.69. The Kier molecular flexibility index (Phi) is 4.65. The van der Waals surface area contributed by atoms with Crippen LogP contribution in [0.2, 0.25) is 0 Å². The lowest BCUT2D eigenvalue weighted by Gasteiger charge is -2.35. The smallest absolute Gasteiger partial charge is 0.0991 e. The predicted molar refractivity (Wildman–Crippen MR) is 92.3 cm³/mol. The van der Waals surface area contributed by atoms with Gasteiger partial charge in [-0.25, -0.2) is 4.98 Å². The minimum absolute atomic E-state index is 0.228. The molecule has 2 aromatic rings. The van der Waals surface area contributed by atoms with E-state index in [0.29, 0.717) is 0 Å². The maximum absolute atomic E-state index is 5.95. The largest absolute Gasteiger partial charge is 0.375 e. The second kappa shape index (κ2) is 7.05. The number of hydrogen-bond acceptors (Lipinski definition) is 4. The van der Waals surface area contributed by atoms with Crippen LogP contribution in [0.5, 0.6) is 0 Å². The van der Waals surface area contributed by atoms with E-state index in [1.54, 1.807) is 0 Å². The lowest BCUT2D eigenvalue weighted by Crippen LogP contribution is -2.47. The molecule has 2 unspecified atom stereocenters. The SMILES string of the molecule is Cc1cc(-n2ccnc2)ccc1CN1CCOC(C2CCCO2)C1. The van der Waals surface area contributed by atoms with Crippen LogP contribution in [0, 0.1) is 6.92 Å². The molecule has 0 N–H and O–H groups in total. The fraction of sp³-hybridized carbons (Fsp3) is 0.526. The Labute approximate surface area is 143 Å². The fourth-order valence-corrected chi connectivity index (χ4v) is 3.67. The summed E-state index contributed by atoms with van der Waals surface area (Å²) < 4.78 is 13.8. The first kappa shape index (κ1) is 15.8. The molecule has 0 aliphatic carbocycles. The topological polar surface area (TPSA) is 39.5 Å². The number of ether oxygens (including phenoxy) is 2. The van der Waals surface area contributed by atoms with Crippen molar-refractivity contribution >= 4 is 0 Å². The van der Waals surface area contributed by atoms with Gasteiger partial charge in [0.1, 0.15) is 0 Å². The molecular weight excluding hydrogens is 302 g/mol. The predicted octanol–water partition coefficient (Wildman–Crippen LogP) is 2.56. The van der Waals surface area contributed by atoms with Gasteiger partial charge in [0.05, 0.1) is 25.1 Å². The zero-order chi connectivity index (χ0) is 16.4. The zero-order valence-corrected chi connectivity index (χ0v) is 14.2. The van der Waals surface area contributed by atoms with E-state index in [-0.39, 0.29) is 12.2 Å². The maximum Gasteiger partial charge on any atom is 0.0991 e. The van der Waals surface area contributed by atoms with E-state index in [1.807, 2.05) is 23.3 Å². The molecule has 0 saturated carbocycles. The molecule has 1 aromatic carbocycles. The van der Waals surface area contributed by atoms with Crippen molar-refractivity contribution in [3.8, 4) is 5.69 Å². The first-order chi connectivity index (χ1) is 11.8. The number of nitrogens with zero attached hydrogens (tertiary/aromatic N) is 3. The third-order valence-corrected chi connectivity index (χ3v) is 5.08. The van der Waals surface area contributed by atoms with Crippen molar-refractivity contribution in [2.24, 2.45) is 0 Å². The van der Waals surface area contributed by atoms with Crippen LogP contribution in [0.25, 0.3) is 5.69 Å². The summed E-state index contributed by atoms with van der Waals surface area (Å²) in [6.45, 7) is 6.81. The van der Waals surface area contributed by atoms with Crippen molar-refractivity contribution in [2.45, 2.75) is 38.5 Å². The number of imidazole rings is 1. The molecule has 4 rings (SSSR count). The van der Waals surface area contributed by atoms with Crippen molar-refractivity contribution < 1.29 is 9.47 Å². The zero-order valence-electron chi connectivity index (χ0n) is 14.2. The summed E-state index contributed by atoms with van der Waals surface area (Å²) in [6.07, 6.45) is 8.44. The van der Waals surface area contributed by atoms with E-state index in [1.165, 1.54) is 17.5 Å². The summed E-state index contributed by atoms with van der Waals surface area (Å²) in [7, 11) is 0. The van der Waals surface area contributed by atoms with Gasteiger partial charge in [0.25, 0.3) is 0 Å². The van der Waals surface area contributed by atoms with E-state index in [4.69, 9.17) is 9.47 Å². The van der Waals surface area contributed by atoms with Crippen LogP contribution in [0.15, 0.2) is 36.9 Å². The molecule has 0 amide bonds. The molecule has 0 bridgehead atoms. The molecule has 0 radical (unpaired) electrons. The summed E-state index contributed by atoms with van der Waals surface area (Å²) in [5.41, 5.74) is 3.86. The summed E-state index contributed by atoms with van der Waals surface area (Å²) >= 11 is 0. The number of aryl methyl sites for hydroxylation is 1. The molecule has 2 fully saturated rings. The Morgan fingerprint density at radius 1 is 1.21 bits per heavy atom. The molecule has 2 aliphatic heterocycles. The van der Waals surface area contributed by atoms with E-state index in [9.17, 15) is 0 Å². The van der Waals surface area contributed by atoms with Gasteiger partial charge >= 0.3 is 0 Å². The summed E-state index contributed by atoms with van der Waals surface area (Å²) in [4.78, 5) is 6.61. The van der Waals surface area contributed by atoms with Gasteiger partial charge in [0.2, 0.25) is 0 Å². The quantitative estimate of drug-likeness (QED) is 0.865. The van der Waals surface area contributed by atoms with Gasteiger partial charge in [0, 0.05) is 44.3 Å². The number of benzene rings is 1. The second-order valence-corrected chi connectivity index (χ2v) is 6.78. The minimum atomic E-state index is 0.228. The third kappa shape index (κ3) is 3.38. The highest BCUT2D eigenvalue weighted by Crippen LogP contribution is 2.23. The van der Waals surface area contributed by atoms with Crippen LogP contribution in [0.1, 0.15) is 24.0 Å². The number of rotatable bonds is 4.